The molecule has 0 bridgehead atoms. The topological polar surface area (TPSA) is 123 Å². The third-order valence-electron chi connectivity index (χ3n) is 27.6. The highest BCUT2D eigenvalue weighted by atomic mass is 16.5. The van der Waals surface area contributed by atoms with Gasteiger partial charge < -0.3 is 32.4 Å². The molecule has 8 N–H and O–H groups in total. The van der Waals surface area contributed by atoms with Crippen LogP contribution < -0.4 is 22.9 Å². The molecule has 2 aromatic carbocycles. The van der Waals surface area contributed by atoms with Crippen LogP contribution in [-0.4, -0.2) is 25.4 Å². The second-order valence-corrected chi connectivity index (χ2v) is 33.6. The average molecular weight is 1130 g/mol. The van der Waals surface area contributed by atoms with E-state index in [2.05, 4.69) is 109 Å². The van der Waals surface area contributed by atoms with Gasteiger partial charge >= 0.3 is 0 Å². The van der Waals surface area contributed by atoms with E-state index >= 15 is 0 Å². The number of benzene rings is 2. The number of nitrogens with two attached hydrogens (primary N) is 4. The number of fused-ring (bicyclic) bond motifs is 10. The van der Waals surface area contributed by atoms with Crippen molar-refractivity contribution >= 4 is 22.7 Å². The van der Waals surface area contributed by atoms with Crippen LogP contribution in [0.1, 0.15) is 262 Å². The van der Waals surface area contributed by atoms with Gasteiger partial charge in [0.2, 0.25) is 0 Å². The molecule has 82 heavy (non-hydrogen) atoms. The van der Waals surface area contributed by atoms with Crippen LogP contribution in [0.25, 0.3) is 0 Å². The van der Waals surface area contributed by atoms with Gasteiger partial charge in [-0.15, -0.1) is 0 Å². The van der Waals surface area contributed by atoms with E-state index < -0.39 is 0 Å². The molecule has 0 heterocycles. The van der Waals surface area contributed by atoms with Crippen LogP contribution in [0, 0.1) is 115 Å². The number of anilines is 4. The standard InChI is InChI=1S/2C38H64N2O/c2*1-25(2)10-8-11-26(3)30-16-17-31-29-15-18-34-36(4,5)35(20-22-38(34,7)32(29)19-21-37(30,31)6)41-23-9-12-27-13-14-28(39)24-33(27)40/h2*13-14,24-26,29-32,34-35H,8-12,15-23,39-40H2,1-7H3/t2*26-,29+,30-,31+,32+,34?,35?,37-,38-/m11/s1. The van der Waals surface area contributed by atoms with Crippen LogP contribution in [0.5, 0.6) is 0 Å². The van der Waals surface area contributed by atoms with E-state index in [1.807, 2.05) is 24.3 Å². The zero-order chi connectivity index (χ0) is 59.2. The Hall–Kier alpha value is -2.44. The van der Waals surface area contributed by atoms with Crippen LogP contribution in [0.4, 0.5) is 22.7 Å². The zero-order valence-corrected chi connectivity index (χ0v) is 55.6. The first kappa shape index (κ1) is 64.0. The largest absolute Gasteiger partial charge is 0.399 e. The molecule has 8 fully saturated rings. The average Bonchev–Trinajstić information content (AvgIpc) is 2.58. The number of hydrogen-bond acceptors (Lipinski definition) is 6. The maximum atomic E-state index is 6.72. The van der Waals surface area contributed by atoms with Crippen LogP contribution in [0.15, 0.2) is 36.4 Å². The molecule has 8 saturated carbocycles. The summed E-state index contributed by atoms with van der Waals surface area (Å²) in [6.07, 6.45) is 36.1. The molecule has 0 saturated heterocycles. The summed E-state index contributed by atoms with van der Waals surface area (Å²) in [6, 6.07) is 11.8. The van der Waals surface area contributed by atoms with E-state index in [0.717, 1.165) is 144 Å². The third-order valence-corrected chi connectivity index (χ3v) is 27.6. The monoisotopic (exact) mass is 1130 g/mol. The second-order valence-electron chi connectivity index (χ2n) is 33.6. The van der Waals surface area contributed by atoms with Crippen molar-refractivity contribution in [2.24, 2.45) is 115 Å². The Morgan fingerprint density at radius 1 is 0.415 bits per heavy atom. The lowest BCUT2D eigenvalue weighted by Crippen LogP contribution is -2.59. The molecular formula is C76H128N4O2. The maximum absolute atomic E-state index is 6.72. The smallest absolute Gasteiger partial charge is 0.0629 e. The number of hydrogen-bond donors (Lipinski definition) is 4. The van der Waals surface area contributed by atoms with Crippen molar-refractivity contribution in [3.63, 3.8) is 0 Å². The first-order valence-corrected chi connectivity index (χ1v) is 35.3. The predicted molar refractivity (Wildman–Crippen MR) is 351 cm³/mol. The summed E-state index contributed by atoms with van der Waals surface area (Å²) in [6.45, 7) is 37.5. The molecule has 0 aliphatic heterocycles. The molecule has 0 amide bonds. The van der Waals surface area contributed by atoms with Gasteiger partial charge in [0.05, 0.1) is 12.2 Å². The summed E-state index contributed by atoms with van der Waals surface area (Å²) in [5, 5.41) is 0. The van der Waals surface area contributed by atoms with Crippen LogP contribution in [0.3, 0.4) is 0 Å². The van der Waals surface area contributed by atoms with Gasteiger partial charge in [0.1, 0.15) is 0 Å². The summed E-state index contributed by atoms with van der Waals surface area (Å²) in [4.78, 5) is 0. The van der Waals surface area contributed by atoms with Gasteiger partial charge in [-0.2, -0.15) is 0 Å². The minimum Gasteiger partial charge on any atom is -0.399 e. The van der Waals surface area contributed by atoms with E-state index in [0.29, 0.717) is 33.9 Å². The number of aryl methyl sites for hydroxylation is 2. The Morgan fingerprint density at radius 3 is 1.15 bits per heavy atom. The summed E-state index contributed by atoms with van der Waals surface area (Å²) in [5.74, 6) is 12.6. The SMILES string of the molecule is CC(C)CCC[C@@H](C)[C@H]1CC[C@H]2[C@@H]3CCC4C(C)(C)C(OCCCc5ccc(N)cc5N)CC[C@]4(C)[C@H]3CC[C@]12C.CC(C)CCC[C@@H](C)[C@H]1CC[C@H]2[C@@H]3CCC4C(C)(C)C(OCCCc5ccc(N)cc5N)CC[C@]4(C)[C@H]3CC[C@]12C. The Kier molecular flexibility index (Phi) is 20.1. The molecule has 8 aliphatic rings. The van der Waals surface area contributed by atoms with Gasteiger partial charge in [-0.25, -0.2) is 0 Å². The molecule has 10 rings (SSSR count). The van der Waals surface area contributed by atoms with Gasteiger partial charge in [0.15, 0.2) is 0 Å². The lowest BCUT2D eigenvalue weighted by atomic mass is 9.41. The molecule has 18 atom stereocenters. The maximum Gasteiger partial charge on any atom is 0.0629 e. The van der Waals surface area contributed by atoms with Gasteiger partial charge in [0.25, 0.3) is 0 Å². The van der Waals surface area contributed by atoms with Crippen molar-refractivity contribution < 1.29 is 9.47 Å². The van der Waals surface area contributed by atoms with Gasteiger partial charge in [-0.05, 0) is 279 Å². The van der Waals surface area contributed by atoms with Crippen LogP contribution in [0.2, 0.25) is 0 Å². The molecule has 4 unspecified atom stereocenters. The van der Waals surface area contributed by atoms with E-state index in [1.54, 1.807) is 0 Å². The van der Waals surface area contributed by atoms with Gasteiger partial charge in [-0.3, -0.25) is 0 Å². The lowest BCUT2D eigenvalue weighted by Gasteiger charge is -2.65. The van der Waals surface area contributed by atoms with Crippen molar-refractivity contribution in [3.8, 4) is 0 Å². The van der Waals surface area contributed by atoms with Crippen molar-refractivity contribution in [1.82, 2.24) is 0 Å². The summed E-state index contributed by atoms with van der Waals surface area (Å²) < 4.78 is 13.4. The molecule has 6 heteroatoms. The number of ether oxygens (including phenoxy) is 2. The highest BCUT2D eigenvalue weighted by Crippen LogP contribution is 2.72. The number of rotatable bonds is 20. The van der Waals surface area contributed by atoms with E-state index in [9.17, 15) is 0 Å². The van der Waals surface area contributed by atoms with Crippen LogP contribution >= 0.6 is 0 Å². The van der Waals surface area contributed by atoms with Gasteiger partial charge in [-0.1, -0.05) is 148 Å². The molecule has 464 valence electrons. The predicted octanol–water partition coefficient (Wildman–Crippen LogP) is 19.9. The van der Waals surface area contributed by atoms with Crippen molar-refractivity contribution in [2.45, 2.75) is 276 Å². The minimum absolute atomic E-state index is 0.238. The highest BCUT2D eigenvalue weighted by molar-refractivity contribution is 5.57. The summed E-state index contributed by atoms with van der Waals surface area (Å²) in [7, 11) is 0. The highest BCUT2D eigenvalue weighted by Gasteiger charge is 2.65. The number of nitrogen functional groups attached to an aromatic ring is 4. The zero-order valence-electron chi connectivity index (χ0n) is 55.6. The Morgan fingerprint density at radius 2 is 0.780 bits per heavy atom. The molecule has 2 aromatic rings. The second kappa shape index (κ2) is 25.7. The third kappa shape index (κ3) is 12.7. The Balaban J connectivity index is 0.000000198. The Bertz CT molecular complexity index is 2230. The normalized spacial score (nSPS) is 38.7. The Labute approximate surface area is 504 Å². The molecular weight excluding hydrogens is 1000 g/mol. The van der Waals surface area contributed by atoms with Gasteiger partial charge in [0, 0.05) is 36.0 Å². The van der Waals surface area contributed by atoms with E-state index in [-0.39, 0.29) is 10.8 Å². The minimum atomic E-state index is 0.238. The molecule has 0 radical (unpaired) electrons. The first-order chi connectivity index (χ1) is 38.7. The van der Waals surface area contributed by atoms with Crippen LogP contribution in [-0.2, 0) is 22.3 Å². The molecule has 8 aliphatic carbocycles. The van der Waals surface area contributed by atoms with Crippen molar-refractivity contribution in [1.29, 1.82) is 0 Å². The van der Waals surface area contributed by atoms with E-state index in [1.165, 1.54) is 152 Å². The lowest BCUT2D eigenvalue weighted by molar-refractivity contribution is -0.191. The first-order valence-electron chi connectivity index (χ1n) is 35.3. The molecule has 6 nitrogen and oxygen atoms in total. The van der Waals surface area contributed by atoms with Crippen molar-refractivity contribution in [3.05, 3.63) is 47.5 Å². The fourth-order valence-corrected chi connectivity index (χ4v) is 23.5. The molecule has 0 aromatic heterocycles. The fourth-order valence-electron chi connectivity index (χ4n) is 23.5. The van der Waals surface area contributed by atoms with Crippen molar-refractivity contribution in [2.75, 3.05) is 36.1 Å². The summed E-state index contributed by atoms with van der Waals surface area (Å²) in [5.41, 5.74) is 32.3. The quantitative estimate of drug-likeness (QED) is 0.0774. The van der Waals surface area contributed by atoms with E-state index in [4.69, 9.17) is 32.4 Å². The fraction of sp³-hybridized carbons (Fsp3) is 0.842. The summed E-state index contributed by atoms with van der Waals surface area (Å²) >= 11 is 0. The molecule has 0 spiro atoms.